The number of benzene rings is 1. The highest BCUT2D eigenvalue weighted by atomic mass is 79.9. The monoisotopic (exact) mass is 243 g/mol. The highest BCUT2D eigenvalue weighted by Gasteiger charge is 2.05. The molecule has 1 aromatic rings. The Morgan fingerprint density at radius 2 is 2.23 bits per heavy atom. The molecule has 0 aliphatic carbocycles. The van der Waals surface area contributed by atoms with E-state index in [1.807, 2.05) is 19.2 Å². The number of likely N-dealkylation sites (N-methyl/N-ethyl adjacent to an activating group) is 1. The van der Waals surface area contributed by atoms with Crippen LogP contribution in [-0.4, -0.2) is 18.2 Å². The van der Waals surface area contributed by atoms with Gasteiger partial charge in [0.1, 0.15) is 5.75 Å². The molecular weight excluding hydrogens is 230 g/mol. The maximum absolute atomic E-state index is 9.53. The number of phenolic OH excluding ortho intramolecular Hbond substituents is 1. The molecule has 0 saturated heterocycles. The van der Waals surface area contributed by atoms with Crippen molar-refractivity contribution in [2.24, 2.45) is 0 Å². The molecule has 1 atom stereocenters. The summed E-state index contributed by atoms with van der Waals surface area (Å²) < 4.78 is 1.00. The van der Waals surface area contributed by atoms with Gasteiger partial charge in [0.15, 0.2) is 0 Å². The van der Waals surface area contributed by atoms with Crippen LogP contribution in [0, 0.1) is 0 Å². The average Bonchev–Trinajstić information content (AvgIpc) is 2.11. The molecule has 0 aromatic heterocycles. The van der Waals surface area contributed by atoms with E-state index in [1.54, 1.807) is 6.07 Å². The Balaban J connectivity index is 2.81. The van der Waals surface area contributed by atoms with Crippen molar-refractivity contribution in [3.63, 3.8) is 0 Å². The zero-order valence-electron chi connectivity index (χ0n) is 7.84. The highest BCUT2D eigenvalue weighted by molar-refractivity contribution is 9.10. The van der Waals surface area contributed by atoms with Gasteiger partial charge in [-0.25, -0.2) is 0 Å². The standard InChI is InChI=1S/C10H14BrNO/c1-7(12-2)5-8-6-9(11)3-4-10(8)13/h3-4,6-7,12-13H,5H2,1-2H3. The van der Waals surface area contributed by atoms with Crippen LogP contribution in [-0.2, 0) is 6.42 Å². The number of hydrogen-bond donors (Lipinski definition) is 2. The lowest BCUT2D eigenvalue weighted by Gasteiger charge is -2.11. The van der Waals surface area contributed by atoms with Crippen LogP contribution in [0.15, 0.2) is 22.7 Å². The van der Waals surface area contributed by atoms with Gasteiger partial charge in [0.2, 0.25) is 0 Å². The molecule has 2 nitrogen and oxygen atoms in total. The van der Waals surface area contributed by atoms with Crippen molar-refractivity contribution in [3.05, 3.63) is 28.2 Å². The third kappa shape index (κ3) is 3.01. The third-order valence-electron chi connectivity index (χ3n) is 2.06. The van der Waals surface area contributed by atoms with Gasteiger partial charge in [-0.15, -0.1) is 0 Å². The van der Waals surface area contributed by atoms with E-state index in [9.17, 15) is 5.11 Å². The van der Waals surface area contributed by atoms with Gasteiger partial charge in [0, 0.05) is 10.5 Å². The summed E-state index contributed by atoms with van der Waals surface area (Å²) in [5, 5.41) is 12.7. The number of aromatic hydroxyl groups is 1. The summed E-state index contributed by atoms with van der Waals surface area (Å²) in [5.74, 6) is 0.366. The first-order valence-electron chi connectivity index (χ1n) is 4.28. The van der Waals surface area contributed by atoms with E-state index in [1.165, 1.54) is 0 Å². The molecule has 1 unspecified atom stereocenters. The van der Waals surface area contributed by atoms with Crippen LogP contribution in [0.5, 0.6) is 5.75 Å². The molecule has 2 N–H and O–H groups in total. The molecule has 0 aliphatic rings. The Labute approximate surface area is 87.1 Å². The second-order valence-corrected chi connectivity index (χ2v) is 4.08. The normalized spacial score (nSPS) is 12.8. The minimum Gasteiger partial charge on any atom is -0.508 e. The zero-order valence-corrected chi connectivity index (χ0v) is 9.43. The Hall–Kier alpha value is -0.540. The van der Waals surface area contributed by atoms with Crippen molar-refractivity contribution >= 4 is 15.9 Å². The first-order chi connectivity index (χ1) is 6.13. The summed E-state index contributed by atoms with van der Waals surface area (Å²) in [4.78, 5) is 0. The smallest absolute Gasteiger partial charge is 0.118 e. The van der Waals surface area contributed by atoms with Gasteiger partial charge in [-0.05, 0) is 44.2 Å². The van der Waals surface area contributed by atoms with E-state index in [0.29, 0.717) is 11.8 Å². The molecular formula is C10H14BrNO. The summed E-state index contributed by atoms with van der Waals surface area (Å²) in [6.07, 6.45) is 0.835. The van der Waals surface area contributed by atoms with Gasteiger partial charge in [0.25, 0.3) is 0 Å². The van der Waals surface area contributed by atoms with E-state index in [-0.39, 0.29) is 0 Å². The van der Waals surface area contributed by atoms with Crippen LogP contribution in [0.3, 0.4) is 0 Å². The van der Waals surface area contributed by atoms with Crippen molar-refractivity contribution < 1.29 is 5.11 Å². The molecule has 0 spiro atoms. The second-order valence-electron chi connectivity index (χ2n) is 3.17. The molecule has 1 aromatic carbocycles. The van der Waals surface area contributed by atoms with E-state index < -0.39 is 0 Å². The van der Waals surface area contributed by atoms with Gasteiger partial charge in [-0.2, -0.15) is 0 Å². The molecule has 72 valence electrons. The zero-order chi connectivity index (χ0) is 9.84. The van der Waals surface area contributed by atoms with Crippen LogP contribution in [0.25, 0.3) is 0 Å². The number of nitrogens with one attached hydrogen (secondary N) is 1. The molecule has 13 heavy (non-hydrogen) atoms. The lowest BCUT2D eigenvalue weighted by Crippen LogP contribution is -2.23. The summed E-state index contributed by atoms with van der Waals surface area (Å²) in [5.41, 5.74) is 0.969. The maximum Gasteiger partial charge on any atom is 0.118 e. The maximum atomic E-state index is 9.53. The minimum atomic E-state index is 0.366. The number of phenols is 1. The Bertz CT molecular complexity index is 288. The van der Waals surface area contributed by atoms with Gasteiger partial charge < -0.3 is 10.4 Å². The van der Waals surface area contributed by atoms with E-state index in [0.717, 1.165) is 16.5 Å². The molecule has 0 heterocycles. The fourth-order valence-corrected chi connectivity index (χ4v) is 1.56. The van der Waals surface area contributed by atoms with Gasteiger partial charge >= 0.3 is 0 Å². The van der Waals surface area contributed by atoms with Crippen LogP contribution >= 0.6 is 15.9 Å². The molecule has 0 bridgehead atoms. The second kappa shape index (κ2) is 4.63. The van der Waals surface area contributed by atoms with Crippen LogP contribution in [0.4, 0.5) is 0 Å². The first kappa shape index (κ1) is 10.5. The minimum absolute atomic E-state index is 0.366. The van der Waals surface area contributed by atoms with Crippen molar-refractivity contribution in [2.45, 2.75) is 19.4 Å². The summed E-state index contributed by atoms with van der Waals surface area (Å²) in [6, 6.07) is 5.87. The van der Waals surface area contributed by atoms with Crippen molar-refractivity contribution in [1.29, 1.82) is 0 Å². The molecule has 0 amide bonds. The van der Waals surface area contributed by atoms with Crippen molar-refractivity contribution in [3.8, 4) is 5.75 Å². The number of halogens is 1. The topological polar surface area (TPSA) is 32.3 Å². The largest absolute Gasteiger partial charge is 0.508 e. The van der Waals surface area contributed by atoms with Crippen LogP contribution in [0.2, 0.25) is 0 Å². The predicted molar refractivity (Wildman–Crippen MR) is 58.0 cm³/mol. The average molecular weight is 244 g/mol. The molecule has 1 rings (SSSR count). The fraction of sp³-hybridized carbons (Fsp3) is 0.400. The molecule has 0 radical (unpaired) electrons. The van der Waals surface area contributed by atoms with E-state index in [2.05, 4.69) is 28.2 Å². The summed E-state index contributed by atoms with van der Waals surface area (Å²) >= 11 is 3.38. The number of hydrogen-bond acceptors (Lipinski definition) is 2. The Morgan fingerprint density at radius 1 is 1.54 bits per heavy atom. The Kier molecular flexibility index (Phi) is 3.75. The fourth-order valence-electron chi connectivity index (χ4n) is 1.15. The highest BCUT2D eigenvalue weighted by Crippen LogP contribution is 2.22. The molecule has 0 saturated carbocycles. The lowest BCUT2D eigenvalue weighted by molar-refractivity contribution is 0.462. The quantitative estimate of drug-likeness (QED) is 0.855. The van der Waals surface area contributed by atoms with Crippen molar-refractivity contribution in [2.75, 3.05) is 7.05 Å². The van der Waals surface area contributed by atoms with Crippen LogP contribution < -0.4 is 5.32 Å². The third-order valence-corrected chi connectivity index (χ3v) is 2.55. The van der Waals surface area contributed by atoms with Crippen molar-refractivity contribution in [1.82, 2.24) is 5.32 Å². The van der Waals surface area contributed by atoms with Gasteiger partial charge in [-0.1, -0.05) is 15.9 Å². The van der Waals surface area contributed by atoms with Crippen LogP contribution in [0.1, 0.15) is 12.5 Å². The first-order valence-corrected chi connectivity index (χ1v) is 5.07. The molecule has 0 fully saturated rings. The molecule has 0 aliphatic heterocycles. The summed E-state index contributed by atoms with van der Waals surface area (Å²) in [6.45, 7) is 2.08. The van der Waals surface area contributed by atoms with E-state index >= 15 is 0 Å². The predicted octanol–water partition coefficient (Wildman–Crippen LogP) is 2.31. The van der Waals surface area contributed by atoms with Gasteiger partial charge in [0.05, 0.1) is 0 Å². The van der Waals surface area contributed by atoms with Gasteiger partial charge in [-0.3, -0.25) is 0 Å². The molecule has 3 heteroatoms. The summed E-state index contributed by atoms with van der Waals surface area (Å²) in [7, 11) is 1.92. The number of rotatable bonds is 3. The van der Waals surface area contributed by atoms with E-state index in [4.69, 9.17) is 0 Å². The lowest BCUT2D eigenvalue weighted by atomic mass is 10.1. The Morgan fingerprint density at radius 3 is 2.85 bits per heavy atom. The SMILES string of the molecule is CNC(C)Cc1cc(Br)ccc1O.